The Labute approximate surface area is 87.7 Å². The van der Waals surface area contributed by atoms with E-state index in [0.29, 0.717) is 0 Å². The first kappa shape index (κ1) is 13.2. The van der Waals surface area contributed by atoms with E-state index in [1.807, 2.05) is 13.8 Å². The highest BCUT2D eigenvalue weighted by Gasteiger charge is 2.34. The van der Waals surface area contributed by atoms with E-state index >= 15 is 0 Å². The van der Waals surface area contributed by atoms with Gasteiger partial charge in [-0.2, -0.15) is 13.2 Å². The van der Waals surface area contributed by atoms with Crippen LogP contribution in [-0.4, -0.2) is 9.97 Å². The Hall–Kier alpha value is -0.850. The van der Waals surface area contributed by atoms with Crippen LogP contribution in [0.15, 0.2) is 10.8 Å². The molecule has 0 radical (unpaired) electrons. The zero-order valence-electron chi connectivity index (χ0n) is 7.56. The molecule has 3 nitrogen and oxygen atoms in total. The molecule has 0 aliphatic heterocycles. The molecule has 0 spiro atoms. The maximum absolute atomic E-state index is 11.9. The fourth-order valence-electron chi connectivity index (χ4n) is 0.507. The third kappa shape index (κ3) is 3.49. The Morgan fingerprint density at radius 3 is 2.21 bits per heavy atom. The van der Waals surface area contributed by atoms with Crippen molar-refractivity contribution in [3.63, 3.8) is 0 Å². The van der Waals surface area contributed by atoms with E-state index in [9.17, 15) is 13.2 Å². The molecule has 1 aromatic heterocycles. The van der Waals surface area contributed by atoms with Crippen molar-refractivity contribution in [1.82, 2.24) is 9.97 Å². The van der Waals surface area contributed by atoms with E-state index in [4.69, 9.17) is 5.73 Å². The van der Waals surface area contributed by atoms with Crippen molar-refractivity contribution < 1.29 is 13.2 Å². The van der Waals surface area contributed by atoms with E-state index in [2.05, 4.69) is 25.9 Å². The monoisotopic (exact) mass is 271 g/mol. The van der Waals surface area contributed by atoms with Gasteiger partial charge < -0.3 is 5.73 Å². The maximum Gasteiger partial charge on any atom is 0.451 e. The number of anilines is 1. The van der Waals surface area contributed by atoms with Crippen molar-refractivity contribution in [2.45, 2.75) is 20.0 Å². The first-order valence-electron chi connectivity index (χ1n) is 3.76. The first-order valence-corrected chi connectivity index (χ1v) is 4.56. The largest absolute Gasteiger partial charge is 0.451 e. The van der Waals surface area contributed by atoms with Crippen LogP contribution in [0.3, 0.4) is 0 Å². The van der Waals surface area contributed by atoms with Crippen molar-refractivity contribution in [2.24, 2.45) is 0 Å². The highest BCUT2D eigenvalue weighted by Crippen LogP contribution is 2.27. The van der Waals surface area contributed by atoms with Gasteiger partial charge >= 0.3 is 6.18 Å². The molecule has 0 amide bonds. The SMILES string of the molecule is CC.Nc1cnc(C(F)(F)F)nc1Br. The van der Waals surface area contributed by atoms with Gasteiger partial charge in [-0.25, -0.2) is 9.97 Å². The van der Waals surface area contributed by atoms with E-state index in [1.54, 1.807) is 0 Å². The number of rotatable bonds is 0. The number of hydrogen-bond acceptors (Lipinski definition) is 3. The predicted octanol–water partition coefficient (Wildman–Crippen LogP) is 2.87. The molecule has 0 fully saturated rings. The van der Waals surface area contributed by atoms with E-state index in [1.165, 1.54) is 0 Å². The smallest absolute Gasteiger partial charge is 0.395 e. The molecule has 2 N–H and O–H groups in total. The van der Waals surface area contributed by atoms with E-state index in [0.717, 1.165) is 6.20 Å². The van der Waals surface area contributed by atoms with Crippen LogP contribution < -0.4 is 5.73 Å². The molecular formula is C7H9BrF3N3. The normalized spacial score (nSPS) is 10.4. The van der Waals surface area contributed by atoms with Gasteiger partial charge in [-0.05, 0) is 15.9 Å². The highest BCUT2D eigenvalue weighted by molar-refractivity contribution is 9.10. The Kier molecular flexibility index (Phi) is 4.82. The summed E-state index contributed by atoms with van der Waals surface area (Å²) in [6, 6.07) is 0. The Bertz CT molecular complexity index is 301. The van der Waals surface area contributed by atoms with Crippen molar-refractivity contribution in [2.75, 3.05) is 5.73 Å². The Morgan fingerprint density at radius 1 is 1.36 bits per heavy atom. The summed E-state index contributed by atoms with van der Waals surface area (Å²) in [5, 5.41) is 0. The van der Waals surface area contributed by atoms with Crippen molar-refractivity contribution in [3.8, 4) is 0 Å². The van der Waals surface area contributed by atoms with Gasteiger partial charge in [0.05, 0.1) is 11.9 Å². The summed E-state index contributed by atoms with van der Waals surface area (Å²) in [6.45, 7) is 4.00. The van der Waals surface area contributed by atoms with Gasteiger partial charge in [-0.3, -0.25) is 0 Å². The number of halogens is 4. The number of nitrogens with zero attached hydrogens (tertiary/aromatic N) is 2. The molecular weight excluding hydrogens is 263 g/mol. The van der Waals surface area contributed by atoms with Crippen LogP contribution >= 0.6 is 15.9 Å². The fraction of sp³-hybridized carbons (Fsp3) is 0.429. The van der Waals surface area contributed by atoms with Crippen molar-refractivity contribution in [3.05, 3.63) is 16.6 Å². The molecule has 1 aromatic rings. The number of hydrogen-bond donors (Lipinski definition) is 1. The summed E-state index contributed by atoms with van der Waals surface area (Å²) in [7, 11) is 0. The van der Waals surface area contributed by atoms with Crippen LogP contribution in [0, 0.1) is 0 Å². The van der Waals surface area contributed by atoms with Crippen LogP contribution in [0.5, 0.6) is 0 Å². The van der Waals surface area contributed by atoms with Crippen LogP contribution in [0.1, 0.15) is 19.7 Å². The second kappa shape index (κ2) is 5.14. The minimum absolute atomic E-state index is 0.0511. The lowest BCUT2D eigenvalue weighted by molar-refractivity contribution is -0.145. The lowest BCUT2D eigenvalue weighted by Gasteiger charge is -2.04. The molecule has 80 valence electrons. The second-order valence-corrected chi connectivity index (χ2v) is 2.69. The topological polar surface area (TPSA) is 51.8 Å². The van der Waals surface area contributed by atoms with Crippen molar-refractivity contribution in [1.29, 1.82) is 0 Å². The molecule has 0 aliphatic carbocycles. The summed E-state index contributed by atoms with van der Waals surface area (Å²) in [5.74, 6) is -1.21. The second-order valence-electron chi connectivity index (χ2n) is 1.94. The van der Waals surface area contributed by atoms with Gasteiger partial charge in [-0.1, -0.05) is 13.8 Å². The minimum atomic E-state index is -4.53. The number of nitrogens with two attached hydrogens (primary N) is 1. The zero-order valence-corrected chi connectivity index (χ0v) is 9.15. The standard InChI is InChI=1S/C5H3BrF3N3.C2H6/c6-3-2(10)1-11-4(12-3)5(7,8)9;1-2/h1H,10H2;1-2H3. The molecule has 0 unspecified atom stereocenters. The third-order valence-electron chi connectivity index (χ3n) is 1.02. The highest BCUT2D eigenvalue weighted by atomic mass is 79.9. The third-order valence-corrected chi connectivity index (χ3v) is 1.66. The van der Waals surface area contributed by atoms with Gasteiger partial charge in [0.25, 0.3) is 0 Å². The Balaban J connectivity index is 0.000000791. The molecule has 14 heavy (non-hydrogen) atoms. The van der Waals surface area contributed by atoms with Crippen LogP contribution in [0.4, 0.5) is 18.9 Å². The molecule has 0 saturated heterocycles. The Morgan fingerprint density at radius 2 is 1.86 bits per heavy atom. The quantitative estimate of drug-likeness (QED) is 0.739. The average molecular weight is 272 g/mol. The van der Waals surface area contributed by atoms with Gasteiger partial charge in [-0.15, -0.1) is 0 Å². The molecule has 7 heteroatoms. The lowest BCUT2D eigenvalue weighted by Crippen LogP contribution is -2.11. The van der Waals surface area contributed by atoms with E-state index in [-0.39, 0.29) is 10.3 Å². The van der Waals surface area contributed by atoms with E-state index < -0.39 is 12.0 Å². The molecule has 1 heterocycles. The molecule has 0 bridgehead atoms. The minimum Gasteiger partial charge on any atom is -0.395 e. The number of aromatic nitrogens is 2. The summed E-state index contributed by atoms with van der Waals surface area (Å²) in [6.07, 6.45) is -3.63. The van der Waals surface area contributed by atoms with Gasteiger partial charge in [0.15, 0.2) is 0 Å². The fourth-order valence-corrected chi connectivity index (χ4v) is 0.777. The molecule has 0 aromatic carbocycles. The maximum atomic E-state index is 11.9. The van der Waals surface area contributed by atoms with Crippen LogP contribution in [-0.2, 0) is 6.18 Å². The molecule has 0 atom stereocenters. The van der Waals surface area contributed by atoms with Crippen LogP contribution in [0.25, 0.3) is 0 Å². The molecule has 0 saturated carbocycles. The molecule has 1 rings (SSSR count). The predicted molar refractivity (Wildman–Crippen MR) is 50.5 cm³/mol. The first-order chi connectivity index (χ1) is 6.41. The summed E-state index contributed by atoms with van der Waals surface area (Å²) < 4.78 is 35.7. The van der Waals surface area contributed by atoms with Gasteiger partial charge in [0.2, 0.25) is 5.82 Å². The zero-order chi connectivity index (χ0) is 11.4. The van der Waals surface area contributed by atoms with Gasteiger partial charge in [0, 0.05) is 0 Å². The van der Waals surface area contributed by atoms with Crippen LogP contribution in [0.2, 0.25) is 0 Å². The van der Waals surface area contributed by atoms with Gasteiger partial charge in [0.1, 0.15) is 4.60 Å². The number of alkyl halides is 3. The summed E-state index contributed by atoms with van der Waals surface area (Å²) >= 11 is 2.76. The summed E-state index contributed by atoms with van der Waals surface area (Å²) in [4.78, 5) is 6.12. The lowest BCUT2D eigenvalue weighted by atomic mass is 10.5. The summed E-state index contributed by atoms with van der Waals surface area (Å²) in [5.41, 5.74) is 5.26. The van der Waals surface area contributed by atoms with Crippen molar-refractivity contribution >= 4 is 21.6 Å². The molecule has 0 aliphatic rings. The average Bonchev–Trinajstić information content (AvgIpc) is 2.11. The number of nitrogen functional groups attached to an aromatic ring is 1.